The molecule has 0 aliphatic carbocycles. The number of ether oxygens (including phenoxy) is 3. The molecule has 0 saturated carbocycles. The van der Waals surface area contributed by atoms with Crippen LogP contribution in [0, 0.1) is 5.92 Å². The molecule has 6 nitrogen and oxygen atoms in total. The number of rotatable bonds is 4. The zero-order valence-corrected chi connectivity index (χ0v) is 15.6. The summed E-state index contributed by atoms with van der Waals surface area (Å²) in [6.45, 7) is 4.33. The van der Waals surface area contributed by atoms with Crippen LogP contribution in [0.4, 0.5) is 5.69 Å². The van der Waals surface area contributed by atoms with Crippen molar-refractivity contribution in [3.8, 4) is 11.5 Å². The molecule has 0 atom stereocenters. The molecule has 0 bridgehead atoms. The molecular weight excluding hydrogens is 344 g/mol. The van der Waals surface area contributed by atoms with Gasteiger partial charge < -0.3 is 24.0 Å². The summed E-state index contributed by atoms with van der Waals surface area (Å²) in [5.41, 5.74) is 0.946. The predicted molar refractivity (Wildman–Crippen MR) is 96.9 cm³/mol. The molecule has 7 heteroatoms. The molecule has 2 aliphatic heterocycles. The van der Waals surface area contributed by atoms with E-state index < -0.39 is 0 Å². The van der Waals surface area contributed by atoms with Crippen molar-refractivity contribution in [3.05, 3.63) is 17.2 Å². The molecule has 0 unspecified atom stereocenters. The number of nitrogens with zero attached hydrogens (tertiary/aromatic N) is 2. The minimum atomic E-state index is 0.116. The highest BCUT2D eigenvalue weighted by Crippen LogP contribution is 2.38. The van der Waals surface area contributed by atoms with Gasteiger partial charge in [0.1, 0.15) is 11.5 Å². The van der Waals surface area contributed by atoms with E-state index >= 15 is 0 Å². The number of carbonyl (C=O) groups excluding carboxylic acids is 1. The predicted octanol–water partition coefficient (Wildman–Crippen LogP) is 2.43. The van der Waals surface area contributed by atoms with E-state index in [1.54, 1.807) is 20.3 Å². The largest absolute Gasteiger partial charge is 0.495 e. The first-order chi connectivity index (χ1) is 12.1. The summed E-state index contributed by atoms with van der Waals surface area (Å²) in [4.78, 5) is 16.8. The summed E-state index contributed by atoms with van der Waals surface area (Å²) in [5.74, 6) is 1.72. The molecule has 3 rings (SSSR count). The van der Waals surface area contributed by atoms with Gasteiger partial charge in [0, 0.05) is 57.4 Å². The van der Waals surface area contributed by atoms with E-state index in [-0.39, 0.29) is 11.8 Å². The van der Waals surface area contributed by atoms with E-state index in [1.807, 2.05) is 11.0 Å². The summed E-state index contributed by atoms with van der Waals surface area (Å²) in [6, 6.07) is 3.67. The molecule has 1 aromatic carbocycles. The fraction of sp³-hybridized carbons (Fsp3) is 0.611. The minimum Gasteiger partial charge on any atom is -0.495 e. The second kappa shape index (κ2) is 8.15. The first-order valence-electron chi connectivity index (χ1n) is 8.67. The molecule has 1 aromatic rings. The smallest absolute Gasteiger partial charge is 0.225 e. The van der Waals surface area contributed by atoms with Gasteiger partial charge in [-0.3, -0.25) is 4.79 Å². The first-order valence-corrected chi connectivity index (χ1v) is 9.05. The summed E-state index contributed by atoms with van der Waals surface area (Å²) in [7, 11) is 3.23. The Balaban J connectivity index is 1.66. The van der Waals surface area contributed by atoms with Crippen molar-refractivity contribution in [2.75, 3.05) is 58.5 Å². The lowest BCUT2D eigenvalue weighted by atomic mass is 9.98. The summed E-state index contributed by atoms with van der Waals surface area (Å²) in [6.07, 6.45) is 1.67. The third-order valence-electron chi connectivity index (χ3n) is 4.96. The van der Waals surface area contributed by atoms with Crippen LogP contribution in [-0.2, 0) is 9.53 Å². The van der Waals surface area contributed by atoms with Crippen LogP contribution in [0.15, 0.2) is 12.1 Å². The molecule has 2 heterocycles. The molecule has 0 aromatic heterocycles. The number of anilines is 1. The highest BCUT2D eigenvalue weighted by Gasteiger charge is 2.29. The second-order valence-electron chi connectivity index (χ2n) is 6.36. The van der Waals surface area contributed by atoms with Crippen molar-refractivity contribution in [1.29, 1.82) is 0 Å². The molecule has 1 amide bonds. The standard InChI is InChI=1S/C18H25ClN2O4/c1-23-16-12-15(17(24-2)11-14(16)19)20-5-7-21(8-6-20)18(22)13-3-9-25-10-4-13/h11-13H,3-10H2,1-2H3. The van der Waals surface area contributed by atoms with Gasteiger partial charge in [-0.2, -0.15) is 0 Å². The molecule has 2 saturated heterocycles. The second-order valence-corrected chi connectivity index (χ2v) is 6.76. The van der Waals surface area contributed by atoms with Crippen molar-refractivity contribution < 1.29 is 19.0 Å². The van der Waals surface area contributed by atoms with Crippen molar-refractivity contribution in [3.63, 3.8) is 0 Å². The highest BCUT2D eigenvalue weighted by molar-refractivity contribution is 6.32. The molecule has 0 N–H and O–H groups in total. The molecular formula is C18H25ClN2O4. The fourth-order valence-electron chi connectivity index (χ4n) is 3.46. The van der Waals surface area contributed by atoms with Crippen molar-refractivity contribution in [1.82, 2.24) is 4.90 Å². The van der Waals surface area contributed by atoms with Crippen molar-refractivity contribution >= 4 is 23.2 Å². The molecule has 25 heavy (non-hydrogen) atoms. The van der Waals surface area contributed by atoms with Gasteiger partial charge in [0.05, 0.1) is 24.9 Å². The van der Waals surface area contributed by atoms with E-state index in [4.69, 9.17) is 25.8 Å². The third-order valence-corrected chi connectivity index (χ3v) is 5.25. The summed E-state index contributed by atoms with van der Waals surface area (Å²) in [5, 5.41) is 0.524. The van der Waals surface area contributed by atoms with Gasteiger partial charge in [-0.05, 0) is 12.8 Å². The highest BCUT2D eigenvalue weighted by atomic mass is 35.5. The number of halogens is 1. The van der Waals surface area contributed by atoms with Gasteiger partial charge in [0.15, 0.2) is 0 Å². The maximum absolute atomic E-state index is 12.7. The number of hydrogen-bond donors (Lipinski definition) is 0. The number of piperazine rings is 1. The van der Waals surface area contributed by atoms with Crippen LogP contribution in [0.3, 0.4) is 0 Å². The molecule has 0 spiro atoms. The maximum Gasteiger partial charge on any atom is 0.225 e. The van der Waals surface area contributed by atoms with Gasteiger partial charge in [-0.1, -0.05) is 11.6 Å². The topological polar surface area (TPSA) is 51.2 Å². The van der Waals surface area contributed by atoms with Crippen LogP contribution >= 0.6 is 11.6 Å². The van der Waals surface area contributed by atoms with Gasteiger partial charge in [0.25, 0.3) is 0 Å². The van der Waals surface area contributed by atoms with E-state index in [2.05, 4.69) is 4.90 Å². The Morgan fingerprint density at radius 3 is 2.32 bits per heavy atom. The van der Waals surface area contributed by atoms with Crippen molar-refractivity contribution in [2.45, 2.75) is 12.8 Å². The Morgan fingerprint density at radius 2 is 1.72 bits per heavy atom. The lowest BCUT2D eigenvalue weighted by molar-refractivity contribution is -0.138. The Bertz CT molecular complexity index is 611. The van der Waals surface area contributed by atoms with Crippen LogP contribution < -0.4 is 14.4 Å². The molecule has 0 radical (unpaired) electrons. The van der Waals surface area contributed by atoms with Gasteiger partial charge in [0.2, 0.25) is 5.91 Å². The molecule has 2 fully saturated rings. The van der Waals surface area contributed by atoms with Crippen LogP contribution in [0.1, 0.15) is 12.8 Å². The quantitative estimate of drug-likeness (QED) is 0.817. The first kappa shape index (κ1) is 18.1. The monoisotopic (exact) mass is 368 g/mol. The Morgan fingerprint density at radius 1 is 1.08 bits per heavy atom. The lowest BCUT2D eigenvalue weighted by Crippen LogP contribution is -2.51. The Labute approximate surface area is 153 Å². The van der Waals surface area contributed by atoms with Gasteiger partial charge >= 0.3 is 0 Å². The van der Waals surface area contributed by atoms with Crippen LogP contribution in [0.25, 0.3) is 0 Å². The van der Waals surface area contributed by atoms with Crippen molar-refractivity contribution in [2.24, 2.45) is 5.92 Å². The number of amides is 1. The number of methoxy groups -OCH3 is 2. The lowest BCUT2D eigenvalue weighted by Gasteiger charge is -2.38. The SMILES string of the molecule is COc1cc(N2CCN(C(=O)C3CCOCC3)CC2)c(OC)cc1Cl. The number of carbonyl (C=O) groups is 1. The average Bonchev–Trinajstić information content (AvgIpc) is 2.68. The molecule has 138 valence electrons. The van der Waals surface area contributed by atoms with E-state index in [0.29, 0.717) is 37.1 Å². The van der Waals surface area contributed by atoms with Crippen LogP contribution in [-0.4, -0.2) is 64.4 Å². The van der Waals surface area contributed by atoms with Gasteiger partial charge in [-0.15, -0.1) is 0 Å². The summed E-state index contributed by atoms with van der Waals surface area (Å²) >= 11 is 6.18. The molecule has 2 aliphatic rings. The Kier molecular flexibility index (Phi) is 5.91. The zero-order valence-electron chi connectivity index (χ0n) is 14.8. The van der Waals surface area contributed by atoms with E-state index in [9.17, 15) is 4.79 Å². The van der Waals surface area contributed by atoms with Crippen LogP contribution in [0.5, 0.6) is 11.5 Å². The third kappa shape index (κ3) is 3.96. The maximum atomic E-state index is 12.7. The minimum absolute atomic E-state index is 0.116. The summed E-state index contributed by atoms with van der Waals surface area (Å²) < 4.78 is 16.1. The van der Waals surface area contributed by atoms with E-state index in [0.717, 1.165) is 37.4 Å². The average molecular weight is 369 g/mol. The number of benzene rings is 1. The normalized spacial score (nSPS) is 19.0. The fourth-order valence-corrected chi connectivity index (χ4v) is 3.69. The van der Waals surface area contributed by atoms with Crippen LogP contribution in [0.2, 0.25) is 5.02 Å². The zero-order chi connectivity index (χ0) is 17.8. The van der Waals surface area contributed by atoms with Gasteiger partial charge in [-0.25, -0.2) is 0 Å². The van der Waals surface area contributed by atoms with E-state index in [1.165, 1.54) is 0 Å². The number of hydrogen-bond acceptors (Lipinski definition) is 5. The Hall–Kier alpha value is -1.66.